The molecular formula is C21H31IN4O2S. The van der Waals surface area contributed by atoms with Gasteiger partial charge < -0.3 is 20.1 Å². The summed E-state index contributed by atoms with van der Waals surface area (Å²) in [5.74, 6) is 2.20. The molecule has 1 unspecified atom stereocenters. The number of nitrogens with one attached hydrogen (secondary N) is 2. The summed E-state index contributed by atoms with van der Waals surface area (Å²) >= 11 is 1.66. The predicted molar refractivity (Wildman–Crippen MR) is 130 cm³/mol. The largest absolute Gasteiger partial charge is 0.493 e. The van der Waals surface area contributed by atoms with Crippen LogP contribution in [0, 0.1) is 19.8 Å². The fourth-order valence-corrected chi connectivity index (χ4v) is 3.73. The molecule has 6 nitrogen and oxygen atoms in total. The fraction of sp³-hybridized carbons (Fsp3) is 0.524. The molecule has 2 heterocycles. The molecule has 1 aliphatic rings. The van der Waals surface area contributed by atoms with Gasteiger partial charge in [-0.3, -0.25) is 0 Å². The molecule has 1 saturated heterocycles. The Kier molecular flexibility index (Phi) is 10.2. The lowest BCUT2D eigenvalue weighted by atomic mass is 10.1. The molecule has 1 aliphatic heterocycles. The first-order chi connectivity index (χ1) is 13.7. The third kappa shape index (κ3) is 7.42. The van der Waals surface area contributed by atoms with Crippen LogP contribution in [-0.2, 0) is 17.8 Å². The zero-order chi connectivity index (χ0) is 19.8. The Morgan fingerprint density at radius 2 is 2.21 bits per heavy atom. The maximum atomic E-state index is 6.13. The van der Waals surface area contributed by atoms with Gasteiger partial charge in [0.2, 0.25) is 0 Å². The van der Waals surface area contributed by atoms with Crippen LogP contribution in [-0.4, -0.2) is 37.3 Å². The third-order valence-corrected chi connectivity index (χ3v) is 5.67. The van der Waals surface area contributed by atoms with Crippen LogP contribution >= 0.6 is 35.3 Å². The molecule has 1 aromatic carbocycles. The zero-order valence-electron chi connectivity index (χ0n) is 17.4. The Labute approximate surface area is 194 Å². The summed E-state index contributed by atoms with van der Waals surface area (Å²) in [4.78, 5) is 10.3. The molecule has 2 N–H and O–H groups in total. The Bertz CT molecular complexity index is 791. The quantitative estimate of drug-likeness (QED) is 0.306. The molecule has 8 heteroatoms. The van der Waals surface area contributed by atoms with E-state index in [4.69, 9.17) is 14.5 Å². The molecule has 1 fully saturated rings. The van der Waals surface area contributed by atoms with Gasteiger partial charge in [0.15, 0.2) is 5.96 Å². The van der Waals surface area contributed by atoms with Crippen molar-refractivity contribution < 1.29 is 9.47 Å². The highest BCUT2D eigenvalue weighted by atomic mass is 127. The lowest BCUT2D eigenvalue weighted by Gasteiger charge is -2.15. The molecular weight excluding hydrogens is 499 g/mol. The van der Waals surface area contributed by atoms with Gasteiger partial charge in [-0.05, 0) is 38.8 Å². The van der Waals surface area contributed by atoms with Crippen LogP contribution < -0.4 is 15.4 Å². The van der Waals surface area contributed by atoms with Gasteiger partial charge in [0, 0.05) is 29.5 Å². The third-order valence-electron chi connectivity index (χ3n) is 4.73. The van der Waals surface area contributed by atoms with Crippen molar-refractivity contribution in [2.75, 3.05) is 26.4 Å². The van der Waals surface area contributed by atoms with E-state index in [9.17, 15) is 0 Å². The van der Waals surface area contributed by atoms with E-state index in [0.717, 1.165) is 55.7 Å². The zero-order valence-corrected chi connectivity index (χ0v) is 20.5. The number of aromatic nitrogens is 1. The minimum Gasteiger partial charge on any atom is -0.493 e. The predicted octanol–water partition coefficient (Wildman–Crippen LogP) is 4.05. The molecule has 3 rings (SSSR count). The Morgan fingerprint density at radius 3 is 2.90 bits per heavy atom. The summed E-state index contributed by atoms with van der Waals surface area (Å²) in [7, 11) is 0. The molecule has 0 radical (unpaired) electrons. The molecule has 160 valence electrons. The molecule has 1 aromatic heterocycles. The molecule has 2 aromatic rings. The van der Waals surface area contributed by atoms with Crippen LogP contribution in [0.5, 0.6) is 5.75 Å². The standard InChI is InChI=1S/C21H30N4O2S.HI/c1-4-22-21(24-11-20-16(3)25-14-28-20)23-10-18-6-5-15(2)9-19(18)27-13-17-7-8-26-12-17;/h5-6,9,14,17H,4,7-8,10-13H2,1-3H3,(H2,22,23,24);1H. The van der Waals surface area contributed by atoms with Crippen molar-refractivity contribution in [3.05, 3.63) is 45.4 Å². The van der Waals surface area contributed by atoms with E-state index < -0.39 is 0 Å². The number of rotatable bonds is 8. The topological polar surface area (TPSA) is 67.8 Å². The van der Waals surface area contributed by atoms with Crippen LogP contribution in [0.25, 0.3) is 0 Å². The maximum absolute atomic E-state index is 6.13. The monoisotopic (exact) mass is 530 g/mol. The normalized spacial score (nSPS) is 16.4. The van der Waals surface area contributed by atoms with E-state index in [2.05, 4.69) is 47.7 Å². The molecule has 0 saturated carbocycles. The Morgan fingerprint density at radius 1 is 1.34 bits per heavy atom. The van der Waals surface area contributed by atoms with Gasteiger partial charge in [-0.1, -0.05) is 12.1 Å². The average Bonchev–Trinajstić information content (AvgIpc) is 3.35. The molecule has 0 aliphatic carbocycles. The van der Waals surface area contributed by atoms with Crippen molar-refractivity contribution in [1.82, 2.24) is 15.6 Å². The minimum absolute atomic E-state index is 0. The van der Waals surface area contributed by atoms with Gasteiger partial charge in [-0.25, -0.2) is 9.98 Å². The molecule has 0 amide bonds. The summed E-state index contributed by atoms with van der Waals surface area (Å²) in [5, 5.41) is 6.70. The van der Waals surface area contributed by atoms with Crippen LogP contribution in [0.1, 0.15) is 35.0 Å². The average molecular weight is 530 g/mol. The molecule has 1 atom stereocenters. The van der Waals surface area contributed by atoms with Crippen molar-refractivity contribution in [1.29, 1.82) is 0 Å². The number of hydrogen-bond acceptors (Lipinski definition) is 5. The summed E-state index contributed by atoms with van der Waals surface area (Å²) in [6.45, 7) is 10.6. The molecule has 0 bridgehead atoms. The second kappa shape index (κ2) is 12.3. The second-order valence-electron chi connectivity index (χ2n) is 7.06. The second-order valence-corrected chi connectivity index (χ2v) is 8.00. The Balaban J connectivity index is 0.00000300. The lowest BCUT2D eigenvalue weighted by Crippen LogP contribution is -2.36. The van der Waals surface area contributed by atoms with Gasteiger partial charge in [0.1, 0.15) is 5.75 Å². The van der Waals surface area contributed by atoms with Gasteiger partial charge in [0.25, 0.3) is 0 Å². The molecule has 29 heavy (non-hydrogen) atoms. The first kappa shape index (κ1) is 23.9. The minimum atomic E-state index is 0. The van der Waals surface area contributed by atoms with E-state index in [1.165, 1.54) is 10.4 Å². The van der Waals surface area contributed by atoms with Gasteiger partial charge in [-0.15, -0.1) is 35.3 Å². The highest BCUT2D eigenvalue weighted by Gasteiger charge is 2.17. The number of benzene rings is 1. The van der Waals surface area contributed by atoms with E-state index in [1.807, 2.05) is 12.4 Å². The smallest absolute Gasteiger partial charge is 0.191 e. The highest BCUT2D eigenvalue weighted by molar-refractivity contribution is 14.0. The van der Waals surface area contributed by atoms with Crippen LogP contribution in [0.3, 0.4) is 0 Å². The fourth-order valence-electron chi connectivity index (χ4n) is 3.02. The molecule has 0 spiro atoms. The number of aryl methyl sites for hydroxylation is 2. The first-order valence-corrected chi connectivity index (χ1v) is 10.7. The van der Waals surface area contributed by atoms with Gasteiger partial charge in [-0.2, -0.15) is 0 Å². The van der Waals surface area contributed by atoms with Crippen LogP contribution in [0.2, 0.25) is 0 Å². The van der Waals surface area contributed by atoms with E-state index in [-0.39, 0.29) is 24.0 Å². The summed E-state index contributed by atoms with van der Waals surface area (Å²) < 4.78 is 11.6. The van der Waals surface area contributed by atoms with E-state index >= 15 is 0 Å². The van der Waals surface area contributed by atoms with Crippen molar-refractivity contribution in [2.45, 2.75) is 40.3 Å². The number of guanidine groups is 1. The summed E-state index contributed by atoms with van der Waals surface area (Å²) in [6.07, 6.45) is 1.07. The summed E-state index contributed by atoms with van der Waals surface area (Å²) in [5.41, 5.74) is 5.23. The highest BCUT2D eigenvalue weighted by Crippen LogP contribution is 2.23. The maximum Gasteiger partial charge on any atom is 0.191 e. The van der Waals surface area contributed by atoms with Crippen molar-refractivity contribution in [3.8, 4) is 5.75 Å². The summed E-state index contributed by atoms with van der Waals surface area (Å²) in [6, 6.07) is 6.31. The number of thiazole rings is 1. The van der Waals surface area contributed by atoms with Gasteiger partial charge >= 0.3 is 0 Å². The number of ether oxygens (including phenoxy) is 2. The van der Waals surface area contributed by atoms with Crippen molar-refractivity contribution in [2.24, 2.45) is 10.9 Å². The SMILES string of the molecule is CCNC(=NCc1ccc(C)cc1OCC1CCOC1)NCc1scnc1C.I. The lowest BCUT2D eigenvalue weighted by molar-refractivity contribution is 0.166. The number of halogens is 1. The number of aliphatic imine (C=N–C) groups is 1. The first-order valence-electron chi connectivity index (χ1n) is 9.87. The van der Waals surface area contributed by atoms with Crippen molar-refractivity contribution in [3.63, 3.8) is 0 Å². The Hall–Kier alpha value is -1.39. The van der Waals surface area contributed by atoms with Crippen molar-refractivity contribution >= 4 is 41.3 Å². The van der Waals surface area contributed by atoms with E-state index in [0.29, 0.717) is 19.1 Å². The van der Waals surface area contributed by atoms with Crippen LogP contribution in [0.15, 0.2) is 28.7 Å². The van der Waals surface area contributed by atoms with Gasteiger partial charge in [0.05, 0.1) is 37.5 Å². The number of hydrogen-bond donors (Lipinski definition) is 2. The van der Waals surface area contributed by atoms with E-state index in [1.54, 1.807) is 11.3 Å². The number of nitrogens with zero attached hydrogens (tertiary/aromatic N) is 2. The van der Waals surface area contributed by atoms with Crippen LogP contribution in [0.4, 0.5) is 0 Å².